The topological polar surface area (TPSA) is 44.4 Å². The number of nitrogens with zero attached hydrogens (tertiary/aromatic N) is 1. The molecule has 2 N–H and O–H groups in total. The molecule has 0 saturated carbocycles. The molecule has 0 spiro atoms. The number of benzene rings is 2. The molecule has 0 aromatic heterocycles. The van der Waals surface area contributed by atoms with E-state index in [2.05, 4.69) is 58.0 Å². The molecular formula is C19H21N3O. The molecule has 1 amide bonds. The molecule has 2 aliphatic rings. The Morgan fingerprint density at radius 1 is 1.09 bits per heavy atom. The summed E-state index contributed by atoms with van der Waals surface area (Å²) in [5, 5.41) is 6.17. The molecule has 4 nitrogen and oxygen atoms in total. The van der Waals surface area contributed by atoms with Gasteiger partial charge in [-0.1, -0.05) is 36.4 Å². The number of nitrogens with one attached hydrogen (secondary N) is 2. The Bertz CT molecular complexity index is 726. The number of piperazine rings is 1. The number of carbonyl (C=O) groups excluding carboxylic acids is 1. The summed E-state index contributed by atoms with van der Waals surface area (Å²) in [6, 6.07) is 16.9. The second-order valence-electron chi connectivity index (χ2n) is 6.24. The summed E-state index contributed by atoms with van der Waals surface area (Å²) in [7, 11) is 1.93. The zero-order chi connectivity index (χ0) is 15.8. The molecule has 0 radical (unpaired) electrons. The number of anilines is 1. The Labute approximate surface area is 136 Å². The highest BCUT2D eigenvalue weighted by Gasteiger charge is 2.39. The van der Waals surface area contributed by atoms with Gasteiger partial charge in [-0.2, -0.15) is 0 Å². The van der Waals surface area contributed by atoms with Gasteiger partial charge in [-0.25, -0.2) is 0 Å². The van der Waals surface area contributed by atoms with Gasteiger partial charge in [0, 0.05) is 38.3 Å². The predicted octanol–water partition coefficient (Wildman–Crippen LogP) is 2.35. The van der Waals surface area contributed by atoms with Gasteiger partial charge in [-0.15, -0.1) is 0 Å². The van der Waals surface area contributed by atoms with Crippen LogP contribution in [-0.4, -0.2) is 37.5 Å². The molecule has 4 rings (SSSR count). The van der Waals surface area contributed by atoms with Gasteiger partial charge in [-0.3, -0.25) is 9.69 Å². The molecule has 2 aliphatic heterocycles. The van der Waals surface area contributed by atoms with Gasteiger partial charge in [0.2, 0.25) is 5.91 Å². The van der Waals surface area contributed by atoms with Gasteiger partial charge in [0.15, 0.2) is 0 Å². The van der Waals surface area contributed by atoms with E-state index in [1.165, 1.54) is 11.1 Å². The highest BCUT2D eigenvalue weighted by atomic mass is 16.2. The minimum atomic E-state index is -0.132. The fourth-order valence-corrected chi connectivity index (χ4v) is 3.83. The van der Waals surface area contributed by atoms with Crippen LogP contribution in [0.15, 0.2) is 48.5 Å². The number of rotatable bonds is 2. The summed E-state index contributed by atoms with van der Waals surface area (Å²) < 4.78 is 0. The van der Waals surface area contributed by atoms with E-state index in [1.54, 1.807) is 0 Å². The van der Waals surface area contributed by atoms with Crippen molar-refractivity contribution in [2.75, 3.05) is 32.0 Å². The van der Waals surface area contributed by atoms with E-state index in [1.807, 2.05) is 13.1 Å². The second kappa shape index (κ2) is 5.70. The molecule has 23 heavy (non-hydrogen) atoms. The van der Waals surface area contributed by atoms with Crippen molar-refractivity contribution in [3.05, 3.63) is 65.2 Å². The van der Waals surface area contributed by atoms with Crippen LogP contribution >= 0.6 is 0 Å². The van der Waals surface area contributed by atoms with Crippen LogP contribution in [0.25, 0.3) is 0 Å². The van der Waals surface area contributed by atoms with Gasteiger partial charge in [-0.05, 0) is 28.8 Å². The lowest BCUT2D eigenvalue weighted by atomic mass is 9.80. The van der Waals surface area contributed by atoms with Crippen molar-refractivity contribution < 1.29 is 4.79 Å². The van der Waals surface area contributed by atoms with E-state index in [0.29, 0.717) is 5.92 Å². The van der Waals surface area contributed by atoms with E-state index in [-0.39, 0.29) is 11.9 Å². The molecule has 118 valence electrons. The van der Waals surface area contributed by atoms with Gasteiger partial charge in [0.1, 0.15) is 6.04 Å². The lowest BCUT2D eigenvalue weighted by Gasteiger charge is -2.43. The molecule has 2 unspecified atom stereocenters. The molecular weight excluding hydrogens is 286 g/mol. The van der Waals surface area contributed by atoms with Crippen LogP contribution in [0, 0.1) is 0 Å². The largest absolute Gasteiger partial charge is 0.388 e. The Morgan fingerprint density at radius 2 is 1.83 bits per heavy atom. The van der Waals surface area contributed by atoms with E-state index in [4.69, 9.17) is 0 Å². The van der Waals surface area contributed by atoms with Crippen molar-refractivity contribution in [1.82, 2.24) is 10.2 Å². The van der Waals surface area contributed by atoms with Gasteiger partial charge < -0.3 is 10.6 Å². The fourth-order valence-electron chi connectivity index (χ4n) is 3.83. The van der Waals surface area contributed by atoms with Crippen LogP contribution < -0.4 is 10.6 Å². The van der Waals surface area contributed by atoms with E-state index >= 15 is 0 Å². The first-order valence-corrected chi connectivity index (χ1v) is 8.16. The van der Waals surface area contributed by atoms with E-state index < -0.39 is 0 Å². The number of amides is 1. The lowest BCUT2D eigenvalue weighted by molar-refractivity contribution is -0.129. The molecule has 2 aromatic carbocycles. The number of hydrogen-bond donors (Lipinski definition) is 2. The standard InChI is InChI=1S/C19H21N3O/c1-20-14-8-6-13(7-9-14)17-12-22-11-10-21-19(23)18(22)16-5-3-2-4-15(16)17/h2-9,17-18,20H,10-12H2,1H3,(H,21,23). The summed E-state index contributed by atoms with van der Waals surface area (Å²) in [5.41, 5.74) is 4.86. The van der Waals surface area contributed by atoms with Crippen molar-refractivity contribution >= 4 is 11.6 Å². The molecule has 1 saturated heterocycles. The third kappa shape index (κ3) is 2.39. The van der Waals surface area contributed by atoms with Crippen LogP contribution in [0.3, 0.4) is 0 Å². The monoisotopic (exact) mass is 307 g/mol. The average molecular weight is 307 g/mol. The first-order chi connectivity index (χ1) is 11.3. The minimum Gasteiger partial charge on any atom is -0.388 e. The Kier molecular flexibility index (Phi) is 3.54. The zero-order valence-corrected chi connectivity index (χ0v) is 13.3. The summed E-state index contributed by atoms with van der Waals surface area (Å²) in [6.45, 7) is 2.55. The highest BCUT2D eigenvalue weighted by molar-refractivity contribution is 5.85. The van der Waals surface area contributed by atoms with Gasteiger partial charge in [0.05, 0.1) is 0 Å². The molecule has 2 heterocycles. The number of hydrogen-bond acceptors (Lipinski definition) is 3. The maximum absolute atomic E-state index is 12.4. The molecule has 2 aromatic rings. The van der Waals surface area contributed by atoms with Crippen LogP contribution in [0.4, 0.5) is 5.69 Å². The maximum Gasteiger partial charge on any atom is 0.242 e. The van der Waals surface area contributed by atoms with Crippen LogP contribution in [-0.2, 0) is 4.79 Å². The third-order valence-corrected chi connectivity index (χ3v) is 5.00. The van der Waals surface area contributed by atoms with Crippen LogP contribution in [0.2, 0.25) is 0 Å². The fraction of sp³-hybridized carbons (Fsp3) is 0.316. The molecule has 1 fully saturated rings. The smallest absolute Gasteiger partial charge is 0.242 e. The Morgan fingerprint density at radius 3 is 2.57 bits per heavy atom. The predicted molar refractivity (Wildman–Crippen MR) is 91.6 cm³/mol. The molecule has 4 heteroatoms. The summed E-state index contributed by atoms with van der Waals surface area (Å²) in [6.07, 6.45) is 0. The van der Waals surface area contributed by atoms with E-state index in [9.17, 15) is 4.79 Å². The Balaban J connectivity index is 1.78. The van der Waals surface area contributed by atoms with Crippen LogP contribution in [0.5, 0.6) is 0 Å². The highest BCUT2D eigenvalue weighted by Crippen LogP contribution is 2.40. The van der Waals surface area contributed by atoms with Gasteiger partial charge in [0.25, 0.3) is 0 Å². The number of fused-ring (bicyclic) bond motifs is 3. The third-order valence-electron chi connectivity index (χ3n) is 5.00. The van der Waals surface area contributed by atoms with Crippen molar-refractivity contribution in [1.29, 1.82) is 0 Å². The number of carbonyl (C=O) groups is 1. The van der Waals surface area contributed by atoms with Crippen molar-refractivity contribution in [2.45, 2.75) is 12.0 Å². The molecule has 0 aliphatic carbocycles. The summed E-state index contributed by atoms with van der Waals surface area (Å²) in [5.74, 6) is 0.451. The zero-order valence-electron chi connectivity index (χ0n) is 13.3. The first-order valence-electron chi connectivity index (χ1n) is 8.16. The van der Waals surface area contributed by atoms with Crippen LogP contribution in [0.1, 0.15) is 28.7 Å². The normalized spacial score (nSPS) is 23.6. The Hall–Kier alpha value is -2.33. The van der Waals surface area contributed by atoms with Gasteiger partial charge >= 0.3 is 0 Å². The maximum atomic E-state index is 12.4. The second-order valence-corrected chi connectivity index (χ2v) is 6.24. The first kappa shape index (κ1) is 14.3. The van der Waals surface area contributed by atoms with Crippen molar-refractivity contribution in [2.24, 2.45) is 0 Å². The quantitative estimate of drug-likeness (QED) is 0.895. The summed E-state index contributed by atoms with van der Waals surface area (Å²) in [4.78, 5) is 14.7. The molecule has 2 atom stereocenters. The lowest BCUT2D eigenvalue weighted by Crippen LogP contribution is -2.53. The average Bonchev–Trinajstić information content (AvgIpc) is 2.61. The summed E-state index contributed by atoms with van der Waals surface area (Å²) >= 11 is 0. The molecule has 0 bridgehead atoms. The van der Waals surface area contributed by atoms with Crippen molar-refractivity contribution in [3.63, 3.8) is 0 Å². The van der Waals surface area contributed by atoms with E-state index in [0.717, 1.165) is 30.9 Å². The SMILES string of the molecule is CNc1ccc(C2CN3CCNC(=O)C3c3ccccc32)cc1. The minimum absolute atomic E-state index is 0.132. The van der Waals surface area contributed by atoms with Crippen molar-refractivity contribution in [3.8, 4) is 0 Å².